The van der Waals surface area contributed by atoms with Crippen molar-refractivity contribution in [2.75, 3.05) is 0 Å². The van der Waals surface area contributed by atoms with Crippen molar-refractivity contribution in [1.29, 1.82) is 0 Å². The van der Waals surface area contributed by atoms with Crippen molar-refractivity contribution in [1.82, 2.24) is 15.0 Å². The van der Waals surface area contributed by atoms with E-state index >= 15 is 0 Å². The molecule has 6 nitrogen and oxygen atoms in total. The molecule has 6 rings (SSSR count). The summed E-state index contributed by atoms with van der Waals surface area (Å²) in [7, 11) is 0. The van der Waals surface area contributed by atoms with Gasteiger partial charge in [-0.3, -0.25) is 14.8 Å². The average molecular weight is 821 g/mol. The number of carbonyl (C=O) groups is 1. The van der Waals surface area contributed by atoms with Crippen LogP contribution in [0.2, 0.25) is 0 Å². The Morgan fingerprint density at radius 2 is 1.52 bits per heavy atom. The van der Waals surface area contributed by atoms with Crippen molar-refractivity contribution in [3.63, 3.8) is 0 Å². The molecule has 1 radical (unpaired) electrons. The summed E-state index contributed by atoms with van der Waals surface area (Å²) in [6.45, 7) is 18.1. The summed E-state index contributed by atoms with van der Waals surface area (Å²) < 4.78 is 6.25. The van der Waals surface area contributed by atoms with Crippen LogP contribution in [0.4, 0.5) is 0 Å². The van der Waals surface area contributed by atoms with Crippen LogP contribution in [0, 0.1) is 37.7 Å². The fourth-order valence-corrected chi connectivity index (χ4v) is 6.14. The summed E-state index contributed by atoms with van der Waals surface area (Å²) in [6.07, 6.45) is 4.75. The van der Waals surface area contributed by atoms with Crippen molar-refractivity contribution < 1.29 is 34.4 Å². The van der Waals surface area contributed by atoms with Crippen LogP contribution in [0.3, 0.4) is 0 Å². The van der Waals surface area contributed by atoms with Crippen LogP contribution in [0.25, 0.3) is 54.9 Å². The first-order chi connectivity index (χ1) is 22.4. The maximum Gasteiger partial charge on any atom is 0.164 e. The van der Waals surface area contributed by atoms with Crippen molar-refractivity contribution in [3.05, 3.63) is 89.7 Å². The molecule has 0 bridgehead atoms. The van der Waals surface area contributed by atoms with Gasteiger partial charge in [0.2, 0.25) is 0 Å². The number of aliphatic hydroxyl groups is 1. The number of allylic oxidation sites excluding steroid dienone is 2. The van der Waals surface area contributed by atoms with E-state index in [0.717, 1.165) is 91.9 Å². The third-order valence-electron chi connectivity index (χ3n) is 10.3. The SMILES string of the molecule is CCC(C)(CC)C(=O)/C=C(\O)C(C)(CC)CC.Cc1cc2ccc3c(-c4[c-]ccc5c4oc4ccccc45)nc(C)nc3c2c(C)n1.[Ir]. The molecule has 48 heavy (non-hydrogen) atoms. The van der Waals surface area contributed by atoms with Gasteiger partial charge < -0.3 is 9.52 Å². The number of ketones is 1. The Hall–Kier alpha value is -3.93. The first-order valence-corrected chi connectivity index (χ1v) is 16.7. The van der Waals surface area contributed by atoms with Gasteiger partial charge >= 0.3 is 0 Å². The Morgan fingerprint density at radius 3 is 2.19 bits per heavy atom. The summed E-state index contributed by atoms with van der Waals surface area (Å²) >= 11 is 0. The number of furan rings is 1. The number of pyridine rings is 1. The second kappa shape index (κ2) is 14.7. The molecular formula is C41H46IrN3O3-. The first kappa shape index (κ1) is 36.9. The Morgan fingerprint density at radius 1 is 0.854 bits per heavy atom. The minimum atomic E-state index is -0.337. The van der Waals surface area contributed by atoms with Gasteiger partial charge in [-0.1, -0.05) is 82.8 Å². The van der Waals surface area contributed by atoms with Gasteiger partial charge in [0, 0.05) is 64.9 Å². The first-order valence-electron chi connectivity index (χ1n) is 16.7. The summed E-state index contributed by atoms with van der Waals surface area (Å²) in [5, 5.41) is 15.5. The second-order valence-corrected chi connectivity index (χ2v) is 13.2. The van der Waals surface area contributed by atoms with Gasteiger partial charge in [-0.2, -0.15) is 0 Å². The topological polar surface area (TPSA) is 89.1 Å². The molecule has 3 heterocycles. The number of hydrogen-bond acceptors (Lipinski definition) is 6. The standard InChI is InChI=1S/C26H18N3O.C15H28O2.Ir/c1-14-13-17-11-12-20-24(28-16(3)29-25(20)23(17)15(2)27-14)21-9-6-8-19-18-7-4-5-10-22(18)30-26(19)21;1-7-14(5,8-2)12(16)11-13(17)15(6,9-3)10-4;/h4-8,10-13H,1-3H3;11,16H,7-10H2,1-6H3;/q-1;;/b;12-11-;. The summed E-state index contributed by atoms with van der Waals surface area (Å²) in [5.74, 6) is 1.00. The van der Waals surface area contributed by atoms with Gasteiger partial charge in [0.05, 0.1) is 11.1 Å². The number of benzene rings is 3. The number of aryl methyl sites for hydroxylation is 3. The normalized spacial score (nSPS) is 12.3. The number of carbonyl (C=O) groups excluding carboxylic acids is 1. The van der Waals surface area contributed by atoms with Gasteiger partial charge in [-0.25, -0.2) is 4.98 Å². The quantitative estimate of drug-likeness (QED) is 0.0712. The van der Waals surface area contributed by atoms with Crippen LogP contribution in [0.1, 0.15) is 84.4 Å². The van der Waals surface area contributed by atoms with E-state index in [9.17, 15) is 9.90 Å². The summed E-state index contributed by atoms with van der Waals surface area (Å²) in [6, 6.07) is 21.8. The van der Waals surface area contributed by atoms with Crippen LogP contribution in [0.15, 0.2) is 70.8 Å². The molecule has 0 aliphatic rings. The fraction of sp³-hybridized carbons (Fsp3) is 0.366. The number of rotatable bonds is 8. The molecule has 6 aromatic rings. The van der Waals surface area contributed by atoms with E-state index in [-0.39, 0.29) is 42.5 Å². The molecule has 7 heteroatoms. The van der Waals surface area contributed by atoms with Crippen molar-refractivity contribution in [2.45, 2.75) is 88.0 Å². The molecule has 0 fully saturated rings. The largest absolute Gasteiger partial charge is 0.512 e. The monoisotopic (exact) mass is 821 g/mol. The second-order valence-electron chi connectivity index (χ2n) is 13.2. The third-order valence-corrected chi connectivity index (χ3v) is 10.3. The van der Waals surface area contributed by atoms with Gasteiger partial charge in [0.1, 0.15) is 17.2 Å². The van der Waals surface area contributed by atoms with Gasteiger partial charge in [0.25, 0.3) is 0 Å². The molecule has 0 aliphatic carbocycles. The van der Waals surface area contributed by atoms with Crippen LogP contribution in [-0.2, 0) is 24.9 Å². The number of aliphatic hydroxyl groups excluding tert-OH is 1. The van der Waals surface area contributed by atoms with E-state index in [2.05, 4.69) is 35.3 Å². The van der Waals surface area contributed by atoms with Crippen LogP contribution in [0.5, 0.6) is 0 Å². The minimum Gasteiger partial charge on any atom is -0.512 e. The van der Waals surface area contributed by atoms with Crippen LogP contribution >= 0.6 is 0 Å². The Kier molecular flexibility index (Phi) is 11.3. The molecule has 3 aromatic carbocycles. The molecule has 0 spiro atoms. The van der Waals surface area contributed by atoms with E-state index in [4.69, 9.17) is 14.4 Å². The zero-order valence-electron chi connectivity index (χ0n) is 29.5. The molecule has 0 saturated carbocycles. The zero-order valence-corrected chi connectivity index (χ0v) is 31.9. The number of hydrogen-bond donors (Lipinski definition) is 1. The fourth-order valence-electron chi connectivity index (χ4n) is 6.14. The number of nitrogens with zero attached hydrogens (tertiary/aromatic N) is 3. The number of fused-ring (bicyclic) bond motifs is 6. The molecule has 3 aromatic heterocycles. The molecule has 253 valence electrons. The summed E-state index contributed by atoms with van der Waals surface area (Å²) in [4.78, 5) is 26.5. The maximum atomic E-state index is 12.2. The van der Waals surface area contributed by atoms with Gasteiger partial charge in [-0.15, -0.1) is 18.2 Å². The zero-order chi connectivity index (χ0) is 34.1. The van der Waals surface area contributed by atoms with Gasteiger partial charge in [-0.05, 0) is 69.4 Å². The smallest absolute Gasteiger partial charge is 0.164 e. The van der Waals surface area contributed by atoms with Gasteiger partial charge in [0.15, 0.2) is 5.78 Å². The van der Waals surface area contributed by atoms with E-state index in [1.54, 1.807) is 0 Å². The van der Waals surface area contributed by atoms with E-state index in [1.807, 2.05) is 92.6 Å². The predicted octanol–water partition coefficient (Wildman–Crippen LogP) is 11.1. The molecule has 0 amide bonds. The van der Waals surface area contributed by atoms with E-state index in [0.29, 0.717) is 5.82 Å². The Labute approximate surface area is 297 Å². The molecule has 1 N–H and O–H groups in total. The molecular weight excluding hydrogens is 775 g/mol. The predicted molar refractivity (Wildman–Crippen MR) is 194 cm³/mol. The Balaban J connectivity index is 0.000000251. The molecule has 0 unspecified atom stereocenters. The van der Waals surface area contributed by atoms with Crippen molar-refractivity contribution in [2.24, 2.45) is 10.8 Å². The minimum absolute atomic E-state index is 0. The van der Waals surface area contributed by atoms with Crippen molar-refractivity contribution in [3.8, 4) is 11.3 Å². The van der Waals surface area contributed by atoms with Crippen LogP contribution in [-0.4, -0.2) is 25.8 Å². The molecule has 0 atom stereocenters. The van der Waals surface area contributed by atoms with E-state index < -0.39 is 0 Å². The summed E-state index contributed by atoms with van der Waals surface area (Å²) in [5.41, 5.74) is 5.66. The van der Waals surface area contributed by atoms with E-state index in [1.165, 1.54) is 6.08 Å². The average Bonchev–Trinajstić information content (AvgIpc) is 3.46. The third kappa shape index (κ3) is 6.81. The van der Waals surface area contributed by atoms with Crippen LogP contribution < -0.4 is 0 Å². The number of para-hydroxylation sites is 1. The Bertz CT molecular complexity index is 2140. The molecule has 0 saturated heterocycles. The van der Waals surface area contributed by atoms with Crippen molar-refractivity contribution >= 4 is 49.4 Å². The molecule has 0 aliphatic heterocycles. The number of aromatic nitrogens is 3. The maximum absolute atomic E-state index is 12.2.